The second-order valence-corrected chi connectivity index (χ2v) is 6.72. The van der Waals surface area contributed by atoms with Gasteiger partial charge in [-0.15, -0.1) is 0 Å². The third kappa shape index (κ3) is 3.40. The average molecular weight is 419 g/mol. The number of amides is 1. The van der Waals surface area contributed by atoms with Crippen LogP contribution in [-0.2, 0) is 4.79 Å². The van der Waals surface area contributed by atoms with Crippen LogP contribution in [0.4, 0.5) is 0 Å². The van der Waals surface area contributed by atoms with Gasteiger partial charge >= 0.3 is 5.63 Å². The number of allylic oxidation sites excluding steroid dienone is 1. The van der Waals surface area contributed by atoms with Gasteiger partial charge < -0.3 is 30.1 Å². The van der Waals surface area contributed by atoms with E-state index in [-0.39, 0.29) is 35.1 Å². The summed E-state index contributed by atoms with van der Waals surface area (Å²) in [6.45, 7) is -0.375. The summed E-state index contributed by atoms with van der Waals surface area (Å²) in [5.41, 5.74) is 11.6. The van der Waals surface area contributed by atoms with Gasteiger partial charge in [0, 0.05) is 0 Å². The highest BCUT2D eigenvalue weighted by Gasteiger charge is 2.36. The van der Waals surface area contributed by atoms with Crippen LogP contribution in [0.2, 0.25) is 0 Å². The summed E-state index contributed by atoms with van der Waals surface area (Å²) in [6, 6.07) is 13.7. The quantitative estimate of drug-likeness (QED) is 0.595. The molecule has 31 heavy (non-hydrogen) atoms. The summed E-state index contributed by atoms with van der Waals surface area (Å²) < 4.78 is 21.9. The largest absolute Gasteiger partial charge is 0.493 e. The number of hydrogen-bond acceptors (Lipinski definition) is 8. The SMILES string of the molecule is COc1ccc(C2C(C#N)=C(N)Oc3c2c(=O)oc2ccccc32)cc1OCC(N)=O. The lowest BCUT2D eigenvalue weighted by molar-refractivity contribution is -0.119. The van der Waals surface area contributed by atoms with Gasteiger partial charge in [-0.2, -0.15) is 5.26 Å². The summed E-state index contributed by atoms with van der Waals surface area (Å²) in [7, 11) is 1.44. The summed E-state index contributed by atoms with van der Waals surface area (Å²) >= 11 is 0. The highest BCUT2D eigenvalue weighted by Crippen LogP contribution is 2.44. The van der Waals surface area contributed by atoms with Gasteiger partial charge in [0.05, 0.1) is 24.0 Å². The van der Waals surface area contributed by atoms with Crippen LogP contribution in [-0.4, -0.2) is 19.6 Å². The lowest BCUT2D eigenvalue weighted by Crippen LogP contribution is -2.26. The van der Waals surface area contributed by atoms with E-state index in [9.17, 15) is 14.9 Å². The zero-order valence-electron chi connectivity index (χ0n) is 16.4. The number of hydrogen-bond donors (Lipinski definition) is 2. The van der Waals surface area contributed by atoms with E-state index < -0.39 is 17.5 Å². The van der Waals surface area contributed by atoms with Crippen molar-refractivity contribution in [2.45, 2.75) is 5.92 Å². The molecule has 1 amide bonds. The van der Waals surface area contributed by atoms with Gasteiger partial charge in [0.1, 0.15) is 17.2 Å². The van der Waals surface area contributed by atoms with Gasteiger partial charge in [0.25, 0.3) is 5.91 Å². The molecule has 9 heteroatoms. The molecule has 0 spiro atoms. The molecule has 0 fully saturated rings. The van der Waals surface area contributed by atoms with Crippen molar-refractivity contribution in [3.8, 4) is 23.3 Å². The van der Waals surface area contributed by atoms with E-state index in [1.54, 1.807) is 42.5 Å². The van der Waals surface area contributed by atoms with Gasteiger partial charge in [0.15, 0.2) is 23.9 Å². The molecule has 1 aromatic heterocycles. The van der Waals surface area contributed by atoms with Crippen LogP contribution in [0.1, 0.15) is 17.0 Å². The molecule has 1 atom stereocenters. The molecule has 1 aliphatic heterocycles. The third-order valence-electron chi connectivity index (χ3n) is 4.87. The van der Waals surface area contributed by atoms with Crippen LogP contribution >= 0.6 is 0 Å². The van der Waals surface area contributed by atoms with Crippen LogP contribution < -0.4 is 31.3 Å². The lowest BCUT2D eigenvalue weighted by Gasteiger charge is -2.26. The maximum absolute atomic E-state index is 12.9. The van der Waals surface area contributed by atoms with Crippen molar-refractivity contribution < 1.29 is 23.4 Å². The monoisotopic (exact) mass is 419 g/mol. The maximum Gasteiger partial charge on any atom is 0.344 e. The van der Waals surface area contributed by atoms with E-state index >= 15 is 0 Å². The van der Waals surface area contributed by atoms with Crippen molar-refractivity contribution >= 4 is 16.9 Å². The van der Waals surface area contributed by atoms with Crippen molar-refractivity contribution in [1.29, 1.82) is 5.26 Å². The molecule has 2 heterocycles. The minimum Gasteiger partial charge on any atom is -0.493 e. The minimum atomic E-state index is -0.878. The molecule has 0 bridgehead atoms. The fourth-order valence-corrected chi connectivity index (χ4v) is 3.53. The lowest BCUT2D eigenvalue weighted by atomic mass is 9.83. The number of nitrogens with two attached hydrogens (primary N) is 2. The first kappa shape index (κ1) is 19.8. The third-order valence-corrected chi connectivity index (χ3v) is 4.87. The van der Waals surface area contributed by atoms with Gasteiger partial charge in [-0.3, -0.25) is 4.79 Å². The van der Waals surface area contributed by atoms with Gasteiger partial charge in [-0.05, 0) is 29.8 Å². The highest BCUT2D eigenvalue weighted by atomic mass is 16.5. The molecule has 2 aromatic carbocycles. The number of nitrogens with zero attached hydrogens (tertiary/aromatic N) is 1. The first-order valence-electron chi connectivity index (χ1n) is 9.17. The number of benzene rings is 2. The van der Waals surface area contributed by atoms with Crippen molar-refractivity contribution in [1.82, 2.24) is 0 Å². The number of para-hydroxylation sites is 1. The number of methoxy groups -OCH3 is 1. The van der Waals surface area contributed by atoms with E-state index in [0.717, 1.165) is 0 Å². The van der Waals surface area contributed by atoms with Gasteiger partial charge in [0.2, 0.25) is 5.88 Å². The second kappa shape index (κ2) is 7.76. The first-order valence-corrected chi connectivity index (χ1v) is 9.17. The summed E-state index contributed by atoms with van der Waals surface area (Å²) in [6.07, 6.45) is 0. The Bertz CT molecular complexity index is 1340. The van der Waals surface area contributed by atoms with E-state index in [4.69, 9.17) is 30.1 Å². The smallest absolute Gasteiger partial charge is 0.344 e. The molecule has 0 saturated carbocycles. The topological polar surface area (TPSA) is 151 Å². The molecule has 0 radical (unpaired) electrons. The zero-order valence-corrected chi connectivity index (χ0v) is 16.4. The summed E-state index contributed by atoms with van der Waals surface area (Å²) in [5.74, 6) is -0.879. The Balaban J connectivity index is 1.96. The number of carbonyl (C=O) groups is 1. The molecule has 9 nitrogen and oxygen atoms in total. The Morgan fingerprint density at radius 3 is 2.71 bits per heavy atom. The molecule has 1 aliphatic rings. The van der Waals surface area contributed by atoms with E-state index in [1.807, 2.05) is 6.07 Å². The van der Waals surface area contributed by atoms with Crippen LogP contribution in [0.25, 0.3) is 11.0 Å². The van der Waals surface area contributed by atoms with Crippen molar-refractivity contribution in [3.63, 3.8) is 0 Å². The van der Waals surface area contributed by atoms with Crippen LogP contribution in [0.15, 0.2) is 63.1 Å². The number of nitriles is 1. The van der Waals surface area contributed by atoms with Crippen LogP contribution in [0.5, 0.6) is 17.2 Å². The van der Waals surface area contributed by atoms with E-state index in [1.165, 1.54) is 7.11 Å². The van der Waals surface area contributed by atoms with Gasteiger partial charge in [-0.25, -0.2) is 4.79 Å². The molecule has 4 rings (SSSR count). The van der Waals surface area contributed by atoms with Crippen LogP contribution in [0, 0.1) is 11.3 Å². The Morgan fingerprint density at radius 1 is 1.23 bits per heavy atom. The number of ether oxygens (including phenoxy) is 3. The predicted octanol–water partition coefficient (Wildman–Crippen LogP) is 1.88. The maximum atomic E-state index is 12.9. The molecule has 3 aromatic rings. The summed E-state index contributed by atoms with van der Waals surface area (Å²) in [4.78, 5) is 24.1. The van der Waals surface area contributed by atoms with Crippen molar-refractivity contribution in [2.75, 3.05) is 13.7 Å². The second-order valence-electron chi connectivity index (χ2n) is 6.72. The van der Waals surface area contributed by atoms with Gasteiger partial charge in [-0.1, -0.05) is 18.2 Å². The molecule has 1 unspecified atom stereocenters. The molecule has 156 valence electrons. The molecular formula is C22H17N3O6. The zero-order chi connectivity index (χ0) is 22.1. The number of carbonyl (C=O) groups excluding carboxylic acids is 1. The first-order chi connectivity index (χ1) is 14.9. The number of rotatable bonds is 5. The van der Waals surface area contributed by atoms with E-state index in [0.29, 0.717) is 22.3 Å². The van der Waals surface area contributed by atoms with E-state index in [2.05, 4.69) is 0 Å². The Hall–Kier alpha value is -4.45. The predicted molar refractivity (Wildman–Crippen MR) is 109 cm³/mol. The molecule has 0 saturated heterocycles. The molecular weight excluding hydrogens is 402 g/mol. The Morgan fingerprint density at radius 2 is 2.00 bits per heavy atom. The van der Waals surface area contributed by atoms with Crippen LogP contribution in [0.3, 0.4) is 0 Å². The normalized spacial score (nSPS) is 15.0. The Labute approximate surface area is 176 Å². The number of fused-ring (bicyclic) bond motifs is 3. The average Bonchev–Trinajstić information content (AvgIpc) is 2.76. The van der Waals surface area contributed by atoms with Crippen molar-refractivity contribution in [3.05, 3.63) is 75.5 Å². The fraction of sp³-hybridized carbons (Fsp3) is 0.136. The highest BCUT2D eigenvalue weighted by molar-refractivity contribution is 5.86. The Kier molecular flexibility index (Phi) is 4.97. The minimum absolute atomic E-state index is 0.0427. The fourth-order valence-electron chi connectivity index (χ4n) is 3.53. The number of primary amides is 1. The molecule has 0 aliphatic carbocycles. The standard InChI is InChI=1S/C22H17N3O6/c1-28-15-7-6-11(8-16(15)29-10-17(24)26)18-13(9-23)21(25)31-20-12-4-2-3-5-14(12)30-22(27)19(18)20/h2-8,18H,10,25H2,1H3,(H2,24,26). The van der Waals surface area contributed by atoms with Crippen molar-refractivity contribution in [2.24, 2.45) is 11.5 Å². The molecule has 4 N–H and O–H groups in total. The summed E-state index contributed by atoms with van der Waals surface area (Å²) in [5, 5.41) is 10.3.